The second kappa shape index (κ2) is 5.44. The standard InChI is InChI=1S/C13H18N4OS/c1-4-17-7-10(14)12(16-17)13(18)15-9(3)11-6-5-8(2)19-11/h5-7,9H,4,14H2,1-3H3,(H,15,18). The zero-order chi connectivity index (χ0) is 14.0. The fourth-order valence-corrected chi connectivity index (χ4v) is 2.68. The molecule has 1 amide bonds. The van der Waals surface area contributed by atoms with Crippen molar-refractivity contribution in [3.63, 3.8) is 0 Å². The van der Waals surface area contributed by atoms with Gasteiger partial charge in [-0.15, -0.1) is 11.3 Å². The molecule has 0 aromatic carbocycles. The minimum Gasteiger partial charge on any atom is -0.396 e. The Labute approximate surface area is 116 Å². The minimum atomic E-state index is -0.233. The molecule has 6 heteroatoms. The van der Waals surface area contributed by atoms with Gasteiger partial charge in [0.2, 0.25) is 0 Å². The van der Waals surface area contributed by atoms with Gasteiger partial charge in [0.05, 0.1) is 11.7 Å². The largest absolute Gasteiger partial charge is 0.396 e. The van der Waals surface area contributed by atoms with Crippen molar-refractivity contribution < 1.29 is 4.79 Å². The molecule has 102 valence electrons. The number of nitrogens with two attached hydrogens (primary N) is 1. The zero-order valence-corrected chi connectivity index (χ0v) is 12.1. The SMILES string of the molecule is CCn1cc(N)c(C(=O)NC(C)c2ccc(C)s2)n1. The smallest absolute Gasteiger partial charge is 0.274 e. The Kier molecular flexibility index (Phi) is 3.90. The molecule has 0 fully saturated rings. The van der Waals surface area contributed by atoms with Crippen molar-refractivity contribution in [2.45, 2.75) is 33.4 Å². The van der Waals surface area contributed by atoms with Crippen molar-refractivity contribution in [2.24, 2.45) is 0 Å². The van der Waals surface area contributed by atoms with E-state index in [1.165, 1.54) is 4.88 Å². The lowest BCUT2D eigenvalue weighted by Crippen LogP contribution is -2.27. The van der Waals surface area contributed by atoms with E-state index in [4.69, 9.17) is 5.73 Å². The predicted molar refractivity (Wildman–Crippen MR) is 77.3 cm³/mol. The van der Waals surface area contributed by atoms with Crippen LogP contribution in [0.2, 0.25) is 0 Å². The van der Waals surface area contributed by atoms with Crippen molar-refractivity contribution in [2.75, 3.05) is 5.73 Å². The summed E-state index contributed by atoms with van der Waals surface area (Å²) in [6.45, 7) is 6.64. The van der Waals surface area contributed by atoms with Crippen molar-refractivity contribution in [1.29, 1.82) is 0 Å². The van der Waals surface area contributed by atoms with Gasteiger partial charge in [-0.05, 0) is 32.9 Å². The maximum atomic E-state index is 12.1. The first-order valence-corrected chi connectivity index (χ1v) is 7.03. The van der Waals surface area contributed by atoms with E-state index in [1.807, 2.05) is 32.9 Å². The Morgan fingerprint density at radius 3 is 2.84 bits per heavy atom. The van der Waals surface area contributed by atoms with Crippen molar-refractivity contribution in [3.05, 3.63) is 33.8 Å². The van der Waals surface area contributed by atoms with E-state index >= 15 is 0 Å². The summed E-state index contributed by atoms with van der Waals surface area (Å²) in [7, 11) is 0. The third-order valence-electron chi connectivity index (χ3n) is 2.86. The van der Waals surface area contributed by atoms with Gasteiger partial charge in [0, 0.05) is 22.5 Å². The molecule has 2 aromatic rings. The molecule has 3 N–H and O–H groups in total. The number of carbonyl (C=O) groups is 1. The molecule has 0 aliphatic heterocycles. The summed E-state index contributed by atoms with van der Waals surface area (Å²) in [6.07, 6.45) is 1.68. The second-order valence-electron chi connectivity index (χ2n) is 4.43. The lowest BCUT2D eigenvalue weighted by Gasteiger charge is -2.11. The van der Waals surface area contributed by atoms with E-state index < -0.39 is 0 Å². The van der Waals surface area contributed by atoms with Gasteiger partial charge in [-0.3, -0.25) is 9.48 Å². The number of hydrogen-bond donors (Lipinski definition) is 2. The van der Waals surface area contributed by atoms with Gasteiger partial charge < -0.3 is 11.1 Å². The number of amides is 1. The van der Waals surface area contributed by atoms with E-state index in [9.17, 15) is 4.79 Å². The van der Waals surface area contributed by atoms with Crippen LogP contribution in [0.4, 0.5) is 5.69 Å². The Balaban J connectivity index is 2.10. The van der Waals surface area contributed by atoms with Crippen LogP contribution in [0.25, 0.3) is 0 Å². The van der Waals surface area contributed by atoms with Gasteiger partial charge in [0.1, 0.15) is 0 Å². The zero-order valence-electron chi connectivity index (χ0n) is 11.3. The molecule has 0 radical (unpaired) electrons. The van der Waals surface area contributed by atoms with E-state index in [1.54, 1.807) is 22.2 Å². The molecule has 5 nitrogen and oxygen atoms in total. The summed E-state index contributed by atoms with van der Waals surface area (Å²) in [5.74, 6) is -0.233. The summed E-state index contributed by atoms with van der Waals surface area (Å²) in [5.41, 5.74) is 6.50. The van der Waals surface area contributed by atoms with Gasteiger partial charge in [-0.25, -0.2) is 0 Å². The van der Waals surface area contributed by atoms with Crippen LogP contribution >= 0.6 is 11.3 Å². The molecule has 0 saturated carbocycles. The average molecular weight is 278 g/mol. The van der Waals surface area contributed by atoms with Gasteiger partial charge >= 0.3 is 0 Å². The van der Waals surface area contributed by atoms with Crippen LogP contribution in [-0.2, 0) is 6.54 Å². The normalized spacial score (nSPS) is 12.4. The monoisotopic (exact) mass is 278 g/mol. The maximum Gasteiger partial charge on any atom is 0.274 e. The van der Waals surface area contributed by atoms with E-state index in [-0.39, 0.29) is 11.9 Å². The molecular formula is C13H18N4OS. The van der Waals surface area contributed by atoms with Gasteiger partial charge in [0.25, 0.3) is 5.91 Å². The number of nitrogens with one attached hydrogen (secondary N) is 1. The molecule has 2 aromatic heterocycles. The number of hydrogen-bond acceptors (Lipinski definition) is 4. The van der Waals surface area contributed by atoms with Crippen LogP contribution in [0, 0.1) is 6.92 Å². The van der Waals surface area contributed by atoms with Crippen LogP contribution in [0.1, 0.15) is 40.1 Å². The highest BCUT2D eigenvalue weighted by Gasteiger charge is 2.18. The molecule has 2 rings (SSSR count). The van der Waals surface area contributed by atoms with Crippen molar-refractivity contribution >= 4 is 22.9 Å². The summed E-state index contributed by atoms with van der Waals surface area (Å²) in [5, 5.41) is 7.08. The Morgan fingerprint density at radius 2 is 2.32 bits per heavy atom. The molecule has 19 heavy (non-hydrogen) atoms. The number of carbonyl (C=O) groups excluding carboxylic acids is 1. The Hall–Kier alpha value is -1.82. The predicted octanol–water partition coefficient (Wildman–Crippen LogP) is 2.35. The lowest BCUT2D eigenvalue weighted by molar-refractivity contribution is 0.0935. The van der Waals surface area contributed by atoms with E-state index in [0.29, 0.717) is 17.9 Å². The molecule has 2 heterocycles. The molecule has 0 aliphatic rings. The number of thiophene rings is 1. The fraction of sp³-hybridized carbons (Fsp3) is 0.385. The Morgan fingerprint density at radius 1 is 1.58 bits per heavy atom. The van der Waals surface area contributed by atoms with E-state index in [0.717, 1.165) is 4.88 Å². The van der Waals surface area contributed by atoms with Crippen molar-refractivity contribution in [3.8, 4) is 0 Å². The molecular weight excluding hydrogens is 260 g/mol. The van der Waals surface area contributed by atoms with Crippen LogP contribution in [0.15, 0.2) is 18.3 Å². The highest BCUT2D eigenvalue weighted by atomic mass is 32.1. The quantitative estimate of drug-likeness (QED) is 0.901. The Bertz CT molecular complexity index is 587. The molecule has 1 unspecified atom stereocenters. The summed E-state index contributed by atoms with van der Waals surface area (Å²) >= 11 is 1.68. The molecule has 0 aliphatic carbocycles. The minimum absolute atomic E-state index is 0.0441. The summed E-state index contributed by atoms with van der Waals surface area (Å²) in [4.78, 5) is 14.5. The average Bonchev–Trinajstić information content (AvgIpc) is 2.95. The number of rotatable bonds is 4. The summed E-state index contributed by atoms with van der Waals surface area (Å²) < 4.78 is 1.66. The third-order valence-corrected chi connectivity index (χ3v) is 4.05. The lowest BCUT2D eigenvalue weighted by atomic mass is 10.2. The fourth-order valence-electron chi connectivity index (χ4n) is 1.80. The third kappa shape index (κ3) is 2.96. The molecule has 0 spiro atoms. The summed E-state index contributed by atoms with van der Waals surface area (Å²) in [6, 6.07) is 4.03. The van der Waals surface area contributed by atoms with Crippen LogP contribution < -0.4 is 11.1 Å². The molecule has 0 bridgehead atoms. The first-order valence-electron chi connectivity index (χ1n) is 6.21. The second-order valence-corrected chi connectivity index (χ2v) is 5.75. The topological polar surface area (TPSA) is 72.9 Å². The highest BCUT2D eigenvalue weighted by Crippen LogP contribution is 2.22. The maximum absolute atomic E-state index is 12.1. The number of nitrogens with zero attached hydrogens (tertiary/aromatic N) is 2. The van der Waals surface area contributed by atoms with Crippen LogP contribution in [0.5, 0.6) is 0 Å². The first kappa shape index (κ1) is 13.6. The van der Waals surface area contributed by atoms with Gasteiger partial charge in [-0.2, -0.15) is 5.10 Å². The highest BCUT2D eigenvalue weighted by molar-refractivity contribution is 7.12. The van der Waals surface area contributed by atoms with Crippen molar-refractivity contribution in [1.82, 2.24) is 15.1 Å². The number of anilines is 1. The molecule has 1 atom stereocenters. The molecule has 0 saturated heterocycles. The van der Waals surface area contributed by atoms with Crippen LogP contribution in [0.3, 0.4) is 0 Å². The van der Waals surface area contributed by atoms with Crippen LogP contribution in [-0.4, -0.2) is 15.7 Å². The number of aromatic nitrogens is 2. The number of nitrogen functional groups attached to an aromatic ring is 1. The first-order chi connectivity index (χ1) is 9.01. The van der Waals surface area contributed by atoms with Gasteiger partial charge in [-0.1, -0.05) is 0 Å². The number of aryl methyl sites for hydroxylation is 2. The van der Waals surface area contributed by atoms with E-state index in [2.05, 4.69) is 10.4 Å². The van der Waals surface area contributed by atoms with Gasteiger partial charge in [0.15, 0.2) is 5.69 Å².